The minimum Gasteiger partial charge on any atom is -0.457 e. The van der Waals surface area contributed by atoms with E-state index < -0.39 is 0 Å². The first-order chi connectivity index (χ1) is 15.1. The predicted molar refractivity (Wildman–Crippen MR) is 128 cm³/mol. The number of fused-ring (bicyclic) bond motifs is 1. The van der Waals surface area contributed by atoms with E-state index in [1.165, 1.54) is 22.2 Å². The Bertz CT molecular complexity index is 1200. The third-order valence-corrected chi connectivity index (χ3v) is 5.78. The van der Waals surface area contributed by atoms with Gasteiger partial charge in [0.05, 0.1) is 0 Å². The fraction of sp³-hybridized carbons (Fsp3) is 0.192. The minimum atomic E-state index is -0.149. The first kappa shape index (κ1) is 21.0. The topological polar surface area (TPSA) is 43.3 Å². The fourth-order valence-electron chi connectivity index (χ4n) is 3.73. The Morgan fingerprint density at radius 2 is 1.68 bits per heavy atom. The zero-order valence-electron chi connectivity index (χ0n) is 17.7. The monoisotopic (exact) mass is 432 g/mol. The molecule has 4 nitrogen and oxygen atoms in total. The molecule has 4 aromatic rings. The Balaban J connectivity index is 1.50. The molecule has 0 aliphatic carbocycles. The lowest BCUT2D eigenvalue weighted by Crippen LogP contribution is -2.11. The average molecular weight is 433 g/mol. The summed E-state index contributed by atoms with van der Waals surface area (Å²) in [6.45, 7) is 5.19. The average Bonchev–Trinajstić information content (AvgIpc) is 3.03. The molecular formula is C26H25ClN2O2. The standard InChI is InChI=1S/C26H25ClN2O2/c1-18-19(2)29(16-6-15-27)25-14-13-23(17-24(18)25)31-22-11-9-20(10-12-22)26(30)28-21-7-4-3-5-8-21/h3-5,7-14,17H,6,15-16H2,1-2H3,(H,28,30). The maximum absolute atomic E-state index is 12.4. The van der Waals surface area contributed by atoms with Crippen molar-refractivity contribution in [2.45, 2.75) is 26.8 Å². The van der Waals surface area contributed by atoms with Crippen LogP contribution in [-0.4, -0.2) is 16.4 Å². The first-order valence-electron chi connectivity index (χ1n) is 10.4. The molecular weight excluding hydrogens is 408 g/mol. The molecule has 4 rings (SSSR count). The van der Waals surface area contributed by atoms with Gasteiger partial charge in [-0.25, -0.2) is 0 Å². The third-order valence-electron chi connectivity index (χ3n) is 5.51. The highest BCUT2D eigenvalue weighted by molar-refractivity contribution is 6.17. The molecule has 0 aliphatic heterocycles. The van der Waals surface area contributed by atoms with Crippen molar-refractivity contribution in [3.05, 3.63) is 89.6 Å². The number of alkyl halides is 1. The van der Waals surface area contributed by atoms with Crippen LogP contribution in [0.15, 0.2) is 72.8 Å². The summed E-state index contributed by atoms with van der Waals surface area (Å²) in [7, 11) is 0. The van der Waals surface area contributed by atoms with Crippen LogP contribution in [0.5, 0.6) is 11.5 Å². The maximum Gasteiger partial charge on any atom is 0.255 e. The number of hydrogen-bond donors (Lipinski definition) is 1. The first-order valence-corrected chi connectivity index (χ1v) is 10.9. The van der Waals surface area contributed by atoms with Crippen LogP contribution >= 0.6 is 11.6 Å². The van der Waals surface area contributed by atoms with Gasteiger partial charge in [0, 0.05) is 40.3 Å². The van der Waals surface area contributed by atoms with Gasteiger partial charge in [0.1, 0.15) is 11.5 Å². The molecule has 1 N–H and O–H groups in total. The van der Waals surface area contributed by atoms with E-state index in [9.17, 15) is 4.79 Å². The Hall–Kier alpha value is -3.24. The summed E-state index contributed by atoms with van der Waals surface area (Å²) in [6.07, 6.45) is 0.939. The molecule has 31 heavy (non-hydrogen) atoms. The summed E-state index contributed by atoms with van der Waals surface area (Å²) in [5.74, 6) is 1.96. The van der Waals surface area contributed by atoms with Crippen LogP contribution in [0.25, 0.3) is 10.9 Å². The molecule has 0 bridgehead atoms. The van der Waals surface area contributed by atoms with Gasteiger partial charge in [-0.15, -0.1) is 11.6 Å². The number of rotatable bonds is 7. The van der Waals surface area contributed by atoms with Gasteiger partial charge in [-0.1, -0.05) is 18.2 Å². The molecule has 0 radical (unpaired) electrons. The number of para-hydroxylation sites is 1. The van der Waals surface area contributed by atoms with Crippen LogP contribution < -0.4 is 10.1 Å². The normalized spacial score (nSPS) is 10.9. The maximum atomic E-state index is 12.4. The Labute approximate surface area is 187 Å². The summed E-state index contributed by atoms with van der Waals surface area (Å²) in [4.78, 5) is 12.4. The van der Waals surface area contributed by atoms with E-state index in [2.05, 4.69) is 35.9 Å². The van der Waals surface area contributed by atoms with E-state index in [4.69, 9.17) is 16.3 Å². The third kappa shape index (κ3) is 4.59. The van der Waals surface area contributed by atoms with Crippen molar-refractivity contribution in [1.29, 1.82) is 0 Å². The Morgan fingerprint density at radius 3 is 2.39 bits per heavy atom. The van der Waals surface area contributed by atoms with Gasteiger partial charge in [-0.3, -0.25) is 4.79 Å². The number of nitrogens with one attached hydrogen (secondary N) is 1. The van der Waals surface area contributed by atoms with Crippen molar-refractivity contribution in [3.8, 4) is 11.5 Å². The number of amides is 1. The van der Waals surface area contributed by atoms with Crippen molar-refractivity contribution in [3.63, 3.8) is 0 Å². The van der Waals surface area contributed by atoms with Crippen LogP contribution in [0.1, 0.15) is 28.0 Å². The van der Waals surface area contributed by atoms with E-state index in [1.54, 1.807) is 12.1 Å². The largest absolute Gasteiger partial charge is 0.457 e. The fourth-order valence-corrected chi connectivity index (χ4v) is 3.85. The summed E-state index contributed by atoms with van der Waals surface area (Å²) in [5.41, 5.74) is 5.05. The molecule has 0 unspecified atom stereocenters. The number of ether oxygens (including phenoxy) is 1. The highest BCUT2D eigenvalue weighted by Gasteiger charge is 2.12. The Morgan fingerprint density at radius 1 is 0.968 bits per heavy atom. The van der Waals surface area contributed by atoms with Crippen molar-refractivity contribution >= 4 is 34.1 Å². The summed E-state index contributed by atoms with van der Waals surface area (Å²) in [5, 5.41) is 4.07. The number of aryl methyl sites for hydroxylation is 2. The second-order valence-electron chi connectivity index (χ2n) is 7.53. The lowest BCUT2D eigenvalue weighted by atomic mass is 10.1. The zero-order chi connectivity index (χ0) is 21.8. The molecule has 0 saturated carbocycles. The summed E-state index contributed by atoms with van der Waals surface area (Å²) in [6, 6.07) is 22.7. The van der Waals surface area contributed by atoms with Crippen molar-refractivity contribution < 1.29 is 9.53 Å². The number of carbonyl (C=O) groups is 1. The van der Waals surface area contributed by atoms with Crippen LogP contribution in [-0.2, 0) is 6.54 Å². The van der Waals surface area contributed by atoms with Gasteiger partial charge in [0.25, 0.3) is 5.91 Å². The molecule has 0 aliphatic rings. The number of nitrogens with zero attached hydrogens (tertiary/aromatic N) is 1. The quantitative estimate of drug-likeness (QED) is 0.322. The van der Waals surface area contributed by atoms with Crippen LogP contribution in [0, 0.1) is 13.8 Å². The molecule has 0 saturated heterocycles. The van der Waals surface area contributed by atoms with Gasteiger partial charge >= 0.3 is 0 Å². The van der Waals surface area contributed by atoms with E-state index in [0.717, 1.165) is 24.4 Å². The van der Waals surface area contributed by atoms with Crippen molar-refractivity contribution in [1.82, 2.24) is 4.57 Å². The van der Waals surface area contributed by atoms with Crippen molar-refractivity contribution in [2.24, 2.45) is 0 Å². The van der Waals surface area contributed by atoms with E-state index in [0.29, 0.717) is 17.2 Å². The van der Waals surface area contributed by atoms with Gasteiger partial charge in [-0.05, 0) is 80.4 Å². The molecule has 0 spiro atoms. The second kappa shape index (κ2) is 9.27. The molecule has 3 aromatic carbocycles. The van der Waals surface area contributed by atoms with Gasteiger partial charge in [-0.2, -0.15) is 0 Å². The van der Waals surface area contributed by atoms with Crippen molar-refractivity contribution in [2.75, 3.05) is 11.2 Å². The lowest BCUT2D eigenvalue weighted by molar-refractivity contribution is 0.102. The molecule has 0 atom stereocenters. The van der Waals surface area contributed by atoms with Crippen LogP contribution in [0.4, 0.5) is 5.69 Å². The molecule has 1 heterocycles. The molecule has 1 amide bonds. The van der Waals surface area contributed by atoms with Crippen LogP contribution in [0.2, 0.25) is 0 Å². The second-order valence-corrected chi connectivity index (χ2v) is 7.91. The number of hydrogen-bond acceptors (Lipinski definition) is 2. The van der Waals surface area contributed by atoms with E-state index in [1.807, 2.05) is 48.5 Å². The van der Waals surface area contributed by atoms with E-state index >= 15 is 0 Å². The molecule has 5 heteroatoms. The highest BCUT2D eigenvalue weighted by Crippen LogP contribution is 2.31. The summed E-state index contributed by atoms with van der Waals surface area (Å²) < 4.78 is 8.38. The predicted octanol–water partition coefficient (Wildman–Crippen LogP) is 6.93. The molecule has 158 valence electrons. The van der Waals surface area contributed by atoms with Gasteiger partial charge in [0.2, 0.25) is 0 Å². The number of aromatic nitrogens is 1. The smallest absolute Gasteiger partial charge is 0.255 e. The molecule has 0 fully saturated rings. The molecule has 1 aromatic heterocycles. The minimum absolute atomic E-state index is 0.149. The lowest BCUT2D eigenvalue weighted by Gasteiger charge is -2.09. The van der Waals surface area contributed by atoms with E-state index in [-0.39, 0.29) is 5.91 Å². The Kier molecular flexibility index (Phi) is 6.28. The van der Waals surface area contributed by atoms with Gasteiger partial charge in [0.15, 0.2) is 0 Å². The van der Waals surface area contributed by atoms with Crippen LogP contribution in [0.3, 0.4) is 0 Å². The number of halogens is 1. The number of anilines is 1. The number of carbonyl (C=O) groups excluding carboxylic acids is 1. The zero-order valence-corrected chi connectivity index (χ0v) is 18.4. The SMILES string of the molecule is Cc1c(C)n(CCCCl)c2ccc(Oc3ccc(C(=O)Nc4ccccc4)cc3)cc12. The highest BCUT2D eigenvalue weighted by atomic mass is 35.5. The number of benzene rings is 3. The van der Waals surface area contributed by atoms with Gasteiger partial charge < -0.3 is 14.6 Å². The summed E-state index contributed by atoms with van der Waals surface area (Å²) >= 11 is 5.89.